The molecule has 0 saturated carbocycles. The molecule has 0 aliphatic carbocycles. The second-order valence-corrected chi connectivity index (χ2v) is 6.45. The van der Waals surface area contributed by atoms with Crippen LogP contribution >= 0.6 is 0 Å². The summed E-state index contributed by atoms with van der Waals surface area (Å²) in [6.45, 7) is 10.3. The largest absolute Gasteiger partial charge is 0.462 e. The van der Waals surface area contributed by atoms with E-state index in [0.717, 1.165) is 36.5 Å². The van der Waals surface area contributed by atoms with Crippen molar-refractivity contribution < 1.29 is 9.53 Å². The standard InChI is InChI=1S/C16H24N2O2/c1-6-20-15(19)12-9-11-10-18(5)8-7-13(11)17-14(12)16(2,3)4/h9H,6-8,10H2,1-5H3. The Hall–Kier alpha value is -1.42. The molecule has 1 aliphatic heterocycles. The van der Waals surface area contributed by atoms with Crippen LogP contribution in [0.15, 0.2) is 6.07 Å². The molecule has 0 atom stereocenters. The third-order valence-corrected chi connectivity index (χ3v) is 3.57. The molecule has 0 unspecified atom stereocenters. The molecule has 0 fully saturated rings. The van der Waals surface area contributed by atoms with Crippen molar-refractivity contribution in [3.63, 3.8) is 0 Å². The molecule has 0 aromatic carbocycles. The molecular weight excluding hydrogens is 252 g/mol. The lowest BCUT2D eigenvalue weighted by atomic mass is 9.86. The number of carbonyl (C=O) groups is 1. The first kappa shape index (κ1) is 15.0. The van der Waals surface area contributed by atoms with Gasteiger partial charge in [-0.2, -0.15) is 0 Å². The van der Waals surface area contributed by atoms with Crippen molar-refractivity contribution in [2.24, 2.45) is 0 Å². The Kier molecular flexibility index (Phi) is 4.14. The van der Waals surface area contributed by atoms with Crippen LogP contribution in [-0.4, -0.2) is 36.1 Å². The van der Waals surface area contributed by atoms with Crippen LogP contribution < -0.4 is 0 Å². The summed E-state index contributed by atoms with van der Waals surface area (Å²) in [5, 5.41) is 0. The van der Waals surface area contributed by atoms with Gasteiger partial charge in [-0.15, -0.1) is 0 Å². The first-order valence-electron chi connectivity index (χ1n) is 7.22. The van der Waals surface area contributed by atoms with Crippen LogP contribution in [-0.2, 0) is 23.1 Å². The number of fused-ring (bicyclic) bond motifs is 1. The average Bonchev–Trinajstić information content (AvgIpc) is 2.36. The van der Waals surface area contributed by atoms with Crippen molar-refractivity contribution >= 4 is 5.97 Å². The summed E-state index contributed by atoms with van der Waals surface area (Å²) in [6.07, 6.45) is 0.942. The van der Waals surface area contributed by atoms with Gasteiger partial charge in [-0.25, -0.2) is 4.79 Å². The minimum absolute atomic E-state index is 0.166. The van der Waals surface area contributed by atoms with Gasteiger partial charge >= 0.3 is 5.97 Å². The van der Waals surface area contributed by atoms with Gasteiger partial charge in [-0.05, 0) is 25.6 Å². The number of ether oxygens (including phenoxy) is 1. The summed E-state index contributed by atoms with van der Waals surface area (Å²) in [5.74, 6) is -0.263. The minimum Gasteiger partial charge on any atom is -0.462 e. The SMILES string of the molecule is CCOC(=O)c1cc2c(nc1C(C)(C)C)CCN(C)C2. The van der Waals surface area contributed by atoms with Gasteiger partial charge in [0.25, 0.3) is 0 Å². The van der Waals surface area contributed by atoms with Crippen molar-refractivity contribution in [1.82, 2.24) is 9.88 Å². The smallest absolute Gasteiger partial charge is 0.340 e. The van der Waals surface area contributed by atoms with Gasteiger partial charge in [-0.3, -0.25) is 4.98 Å². The van der Waals surface area contributed by atoms with E-state index in [2.05, 4.69) is 32.7 Å². The lowest BCUT2D eigenvalue weighted by Gasteiger charge is -2.28. The summed E-state index contributed by atoms with van der Waals surface area (Å²) in [4.78, 5) is 19.2. The summed E-state index contributed by atoms with van der Waals surface area (Å²) in [6, 6.07) is 1.98. The highest BCUT2D eigenvalue weighted by atomic mass is 16.5. The number of carbonyl (C=O) groups excluding carboxylic acids is 1. The number of esters is 1. The van der Waals surface area contributed by atoms with Crippen molar-refractivity contribution in [3.8, 4) is 0 Å². The fourth-order valence-corrected chi connectivity index (χ4v) is 2.55. The molecule has 1 aliphatic rings. The Morgan fingerprint density at radius 3 is 2.75 bits per heavy atom. The number of hydrogen-bond donors (Lipinski definition) is 0. The fourth-order valence-electron chi connectivity index (χ4n) is 2.55. The molecule has 0 amide bonds. The van der Waals surface area contributed by atoms with Gasteiger partial charge < -0.3 is 9.64 Å². The normalized spacial score (nSPS) is 15.8. The fraction of sp³-hybridized carbons (Fsp3) is 0.625. The van der Waals surface area contributed by atoms with Gasteiger partial charge in [0.15, 0.2) is 0 Å². The Labute approximate surface area is 121 Å². The topological polar surface area (TPSA) is 42.4 Å². The third-order valence-electron chi connectivity index (χ3n) is 3.57. The zero-order valence-electron chi connectivity index (χ0n) is 13.1. The van der Waals surface area contributed by atoms with Crippen molar-refractivity contribution in [2.45, 2.75) is 46.1 Å². The van der Waals surface area contributed by atoms with Crippen molar-refractivity contribution in [3.05, 3.63) is 28.6 Å². The lowest BCUT2D eigenvalue weighted by Crippen LogP contribution is -2.30. The third kappa shape index (κ3) is 3.01. The van der Waals surface area contributed by atoms with Gasteiger partial charge in [0.2, 0.25) is 0 Å². The molecule has 0 bridgehead atoms. The quantitative estimate of drug-likeness (QED) is 0.779. The zero-order valence-corrected chi connectivity index (χ0v) is 13.1. The number of hydrogen-bond acceptors (Lipinski definition) is 4. The van der Waals surface area contributed by atoms with Gasteiger partial charge in [0.05, 0.1) is 17.9 Å². The number of likely N-dealkylation sites (N-methyl/N-ethyl adjacent to an activating group) is 1. The second kappa shape index (κ2) is 5.52. The summed E-state index contributed by atoms with van der Waals surface area (Å²) in [5.41, 5.74) is 3.57. The zero-order chi connectivity index (χ0) is 14.9. The van der Waals surface area contributed by atoms with E-state index in [1.54, 1.807) is 0 Å². The number of nitrogens with zero attached hydrogens (tertiary/aromatic N) is 2. The number of rotatable bonds is 2. The van der Waals surface area contributed by atoms with E-state index in [-0.39, 0.29) is 11.4 Å². The predicted octanol–water partition coefficient (Wildman–Crippen LogP) is 2.54. The summed E-state index contributed by atoms with van der Waals surface area (Å²) in [7, 11) is 2.09. The first-order valence-corrected chi connectivity index (χ1v) is 7.22. The van der Waals surface area contributed by atoms with Crippen LogP contribution in [0.1, 0.15) is 55.0 Å². The van der Waals surface area contributed by atoms with E-state index >= 15 is 0 Å². The van der Waals surface area contributed by atoms with E-state index < -0.39 is 0 Å². The summed E-state index contributed by atoms with van der Waals surface area (Å²) < 4.78 is 5.19. The van der Waals surface area contributed by atoms with E-state index in [0.29, 0.717) is 12.2 Å². The molecule has 0 spiro atoms. The molecule has 2 rings (SSSR count). The average molecular weight is 276 g/mol. The van der Waals surface area contributed by atoms with Crippen LogP contribution in [0.4, 0.5) is 0 Å². The van der Waals surface area contributed by atoms with Gasteiger partial charge in [0.1, 0.15) is 0 Å². The molecule has 1 aromatic rings. The Morgan fingerprint density at radius 1 is 1.45 bits per heavy atom. The summed E-state index contributed by atoms with van der Waals surface area (Å²) >= 11 is 0. The van der Waals surface area contributed by atoms with Crippen molar-refractivity contribution in [1.29, 1.82) is 0 Å². The lowest BCUT2D eigenvalue weighted by molar-refractivity contribution is 0.0522. The highest BCUT2D eigenvalue weighted by molar-refractivity contribution is 5.91. The number of aromatic nitrogens is 1. The molecule has 4 heteroatoms. The van der Waals surface area contributed by atoms with E-state index in [4.69, 9.17) is 9.72 Å². The Balaban J connectivity index is 2.52. The molecule has 0 radical (unpaired) electrons. The van der Waals surface area contributed by atoms with Crippen LogP contribution in [0.25, 0.3) is 0 Å². The molecule has 110 valence electrons. The molecule has 4 nitrogen and oxygen atoms in total. The molecule has 0 N–H and O–H groups in total. The molecular formula is C16H24N2O2. The van der Waals surface area contributed by atoms with Crippen LogP contribution in [0.3, 0.4) is 0 Å². The molecule has 1 aromatic heterocycles. The maximum absolute atomic E-state index is 12.2. The highest BCUT2D eigenvalue weighted by Gasteiger charge is 2.27. The first-order chi connectivity index (χ1) is 9.32. The van der Waals surface area contributed by atoms with E-state index in [1.807, 2.05) is 13.0 Å². The predicted molar refractivity (Wildman–Crippen MR) is 78.9 cm³/mol. The highest BCUT2D eigenvalue weighted by Crippen LogP contribution is 2.28. The van der Waals surface area contributed by atoms with Crippen LogP contribution in [0.5, 0.6) is 0 Å². The Morgan fingerprint density at radius 2 is 2.15 bits per heavy atom. The van der Waals surface area contributed by atoms with Crippen LogP contribution in [0.2, 0.25) is 0 Å². The van der Waals surface area contributed by atoms with Crippen molar-refractivity contribution in [2.75, 3.05) is 20.2 Å². The molecule has 2 heterocycles. The second-order valence-electron chi connectivity index (χ2n) is 6.45. The molecule has 0 saturated heterocycles. The Bertz CT molecular complexity index is 518. The van der Waals surface area contributed by atoms with Gasteiger partial charge in [0, 0.05) is 30.6 Å². The number of pyridine rings is 1. The van der Waals surface area contributed by atoms with Crippen LogP contribution in [0, 0.1) is 0 Å². The van der Waals surface area contributed by atoms with E-state index in [1.165, 1.54) is 0 Å². The maximum Gasteiger partial charge on any atom is 0.340 e. The van der Waals surface area contributed by atoms with E-state index in [9.17, 15) is 4.79 Å². The van der Waals surface area contributed by atoms with Gasteiger partial charge in [-0.1, -0.05) is 20.8 Å². The maximum atomic E-state index is 12.2. The monoisotopic (exact) mass is 276 g/mol. The minimum atomic E-state index is -0.263. The molecule has 20 heavy (non-hydrogen) atoms.